The zero-order valence-electron chi connectivity index (χ0n) is 9.64. The zero-order valence-corrected chi connectivity index (χ0v) is 9.64. The minimum absolute atomic E-state index is 0.0521. The molecule has 18 heavy (non-hydrogen) atoms. The molecule has 3 nitrogen and oxygen atoms in total. The standard InChI is InChI=1S/C14H11FN2O/c15-13-4-1-5-14(12(13)9-16)18-8-6-11-3-2-7-17-10-11/h1-5,7,10H,6,8H2. The molecule has 2 aromatic rings. The van der Waals surface area contributed by atoms with Crippen LogP contribution in [0.2, 0.25) is 0 Å². The van der Waals surface area contributed by atoms with Crippen LogP contribution in [0.4, 0.5) is 4.39 Å². The van der Waals surface area contributed by atoms with E-state index < -0.39 is 5.82 Å². The Balaban J connectivity index is 1.99. The number of nitrogens with zero attached hydrogens (tertiary/aromatic N) is 2. The van der Waals surface area contributed by atoms with Gasteiger partial charge in [-0.25, -0.2) is 4.39 Å². The summed E-state index contributed by atoms with van der Waals surface area (Å²) in [7, 11) is 0. The largest absolute Gasteiger partial charge is 0.492 e. The first-order chi connectivity index (χ1) is 8.81. The van der Waals surface area contributed by atoms with E-state index >= 15 is 0 Å². The fourth-order valence-corrected chi connectivity index (χ4v) is 1.56. The second-order valence-corrected chi connectivity index (χ2v) is 3.68. The van der Waals surface area contributed by atoms with E-state index in [-0.39, 0.29) is 11.3 Å². The summed E-state index contributed by atoms with van der Waals surface area (Å²) in [4.78, 5) is 3.99. The highest BCUT2D eigenvalue weighted by molar-refractivity contribution is 5.43. The second-order valence-electron chi connectivity index (χ2n) is 3.68. The smallest absolute Gasteiger partial charge is 0.144 e. The van der Waals surface area contributed by atoms with Crippen molar-refractivity contribution in [3.8, 4) is 11.8 Å². The summed E-state index contributed by atoms with van der Waals surface area (Å²) < 4.78 is 18.7. The molecule has 0 saturated carbocycles. The molecule has 0 fully saturated rings. The van der Waals surface area contributed by atoms with Crippen molar-refractivity contribution in [3.05, 3.63) is 59.7 Å². The molecule has 1 heterocycles. The van der Waals surface area contributed by atoms with Gasteiger partial charge in [0.05, 0.1) is 6.61 Å². The lowest BCUT2D eigenvalue weighted by molar-refractivity contribution is 0.319. The number of ether oxygens (including phenoxy) is 1. The van der Waals surface area contributed by atoms with Crippen LogP contribution in [0.3, 0.4) is 0 Å². The van der Waals surface area contributed by atoms with Gasteiger partial charge in [-0.05, 0) is 23.8 Å². The summed E-state index contributed by atoms with van der Waals surface area (Å²) in [6.07, 6.45) is 4.11. The van der Waals surface area contributed by atoms with Crippen molar-refractivity contribution in [2.24, 2.45) is 0 Å². The summed E-state index contributed by atoms with van der Waals surface area (Å²) in [5.41, 5.74) is 0.982. The molecule has 0 N–H and O–H groups in total. The molecule has 0 amide bonds. The van der Waals surface area contributed by atoms with E-state index in [2.05, 4.69) is 4.98 Å². The summed E-state index contributed by atoms with van der Waals surface area (Å²) in [5.74, 6) is -0.280. The Hall–Kier alpha value is -2.41. The molecule has 4 heteroatoms. The van der Waals surface area contributed by atoms with Gasteiger partial charge in [0.2, 0.25) is 0 Å². The molecule has 2 rings (SSSR count). The van der Waals surface area contributed by atoms with Crippen LogP contribution in [0.15, 0.2) is 42.7 Å². The van der Waals surface area contributed by atoms with Gasteiger partial charge in [-0.3, -0.25) is 4.98 Å². The van der Waals surface area contributed by atoms with Crippen LogP contribution in [0.5, 0.6) is 5.75 Å². The van der Waals surface area contributed by atoms with E-state index in [0.717, 1.165) is 5.56 Å². The lowest BCUT2D eigenvalue weighted by atomic mass is 10.2. The van der Waals surface area contributed by atoms with Crippen molar-refractivity contribution in [3.63, 3.8) is 0 Å². The molecular formula is C14H11FN2O. The Labute approximate surface area is 104 Å². The maximum Gasteiger partial charge on any atom is 0.144 e. The van der Waals surface area contributed by atoms with Crippen molar-refractivity contribution in [1.82, 2.24) is 4.98 Å². The highest BCUT2D eigenvalue weighted by Gasteiger charge is 2.08. The van der Waals surface area contributed by atoms with Gasteiger partial charge in [0.15, 0.2) is 0 Å². The molecule has 1 aromatic carbocycles. The number of hydrogen-bond donors (Lipinski definition) is 0. The average molecular weight is 242 g/mol. The molecular weight excluding hydrogens is 231 g/mol. The number of benzene rings is 1. The highest BCUT2D eigenvalue weighted by atomic mass is 19.1. The van der Waals surface area contributed by atoms with Crippen LogP contribution in [0.1, 0.15) is 11.1 Å². The van der Waals surface area contributed by atoms with E-state index in [1.165, 1.54) is 12.1 Å². The predicted octanol–water partition coefficient (Wildman–Crippen LogP) is 2.71. The third-order valence-corrected chi connectivity index (χ3v) is 2.46. The van der Waals surface area contributed by atoms with Crippen LogP contribution in [-0.2, 0) is 6.42 Å². The predicted molar refractivity (Wildman–Crippen MR) is 64.6 cm³/mol. The molecule has 90 valence electrons. The van der Waals surface area contributed by atoms with Crippen molar-refractivity contribution in [1.29, 1.82) is 5.26 Å². The van der Waals surface area contributed by atoms with E-state index in [1.54, 1.807) is 24.5 Å². The summed E-state index contributed by atoms with van der Waals surface area (Å²) in [6.45, 7) is 0.379. The number of hydrogen-bond acceptors (Lipinski definition) is 3. The third-order valence-electron chi connectivity index (χ3n) is 2.46. The highest BCUT2D eigenvalue weighted by Crippen LogP contribution is 2.20. The molecule has 0 aliphatic rings. The normalized spacial score (nSPS) is 9.78. The number of rotatable bonds is 4. The molecule has 0 aliphatic carbocycles. The van der Waals surface area contributed by atoms with Crippen molar-refractivity contribution < 1.29 is 9.13 Å². The van der Waals surface area contributed by atoms with Gasteiger partial charge in [-0.2, -0.15) is 5.26 Å². The number of aromatic nitrogens is 1. The van der Waals surface area contributed by atoms with Gasteiger partial charge in [0.1, 0.15) is 23.2 Å². The second kappa shape index (κ2) is 5.78. The lowest BCUT2D eigenvalue weighted by Gasteiger charge is -2.07. The number of pyridine rings is 1. The van der Waals surface area contributed by atoms with Crippen molar-refractivity contribution in [2.45, 2.75) is 6.42 Å². The average Bonchev–Trinajstić information content (AvgIpc) is 2.40. The van der Waals surface area contributed by atoms with Crippen LogP contribution in [0, 0.1) is 17.1 Å². The van der Waals surface area contributed by atoms with Gasteiger partial charge >= 0.3 is 0 Å². The van der Waals surface area contributed by atoms with Gasteiger partial charge in [0, 0.05) is 18.8 Å². The SMILES string of the molecule is N#Cc1c(F)cccc1OCCc1cccnc1. The molecule has 0 unspecified atom stereocenters. The van der Waals surface area contributed by atoms with Crippen LogP contribution in [0.25, 0.3) is 0 Å². The lowest BCUT2D eigenvalue weighted by Crippen LogP contribution is -2.03. The van der Waals surface area contributed by atoms with Crippen LogP contribution < -0.4 is 4.74 Å². The maximum absolute atomic E-state index is 13.3. The van der Waals surface area contributed by atoms with E-state index in [0.29, 0.717) is 13.0 Å². The Bertz CT molecular complexity index is 564. The van der Waals surface area contributed by atoms with Crippen LogP contribution >= 0.6 is 0 Å². The third kappa shape index (κ3) is 2.83. The Morgan fingerprint density at radius 2 is 2.17 bits per heavy atom. The molecule has 0 bridgehead atoms. The first-order valence-electron chi connectivity index (χ1n) is 5.51. The van der Waals surface area contributed by atoms with Gasteiger partial charge in [-0.15, -0.1) is 0 Å². The topological polar surface area (TPSA) is 45.9 Å². The Morgan fingerprint density at radius 1 is 1.28 bits per heavy atom. The summed E-state index contributed by atoms with van der Waals surface area (Å²) >= 11 is 0. The first-order valence-corrected chi connectivity index (χ1v) is 5.51. The molecule has 1 aromatic heterocycles. The summed E-state index contributed by atoms with van der Waals surface area (Å²) in [5, 5.41) is 8.84. The molecule has 0 atom stereocenters. The molecule has 0 spiro atoms. The van der Waals surface area contributed by atoms with Gasteiger partial charge < -0.3 is 4.74 Å². The monoisotopic (exact) mass is 242 g/mol. The minimum Gasteiger partial charge on any atom is -0.492 e. The van der Waals surface area contributed by atoms with E-state index in [9.17, 15) is 4.39 Å². The van der Waals surface area contributed by atoms with E-state index in [1.807, 2.05) is 12.1 Å². The minimum atomic E-state index is -0.559. The number of nitriles is 1. The zero-order chi connectivity index (χ0) is 12.8. The van der Waals surface area contributed by atoms with Gasteiger partial charge in [0.25, 0.3) is 0 Å². The summed E-state index contributed by atoms with van der Waals surface area (Å²) in [6, 6.07) is 9.94. The fraction of sp³-hybridized carbons (Fsp3) is 0.143. The van der Waals surface area contributed by atoms with Crippen molar-refractivity contribution >= 4 is 0 Å². The number of halogens is 1. The van der Waals surface area contributed by atoms with Crippen molar-refractivity contribution in [2.75, 3.05) is 6.61 Å². The van der Waals surface area contributed by atoms with Crippen LogP contribution in [-0.4, -0.2) is 11.6 Å². The molecule has 0 radical (unpaired) electrons. The first kappa shape index (κ1) is 12.1. The van der Waals surface area contributed by atoms with E-state index in [4.69, 9.17) is 10.00 Å². The Morgan fingerprint density at radius 3 is 2.89 bits per heavy atom. The van der Waals surface area contributed by atoms with Gasteiger partial charge in [-0.1, -0.05) is 12.1 Å². The maximum atomic E-state index is 13.3. The fourth-order valence-electron chi connectivity index (χ4n) is 1.56. The quantitative estimate of drug-likeness (QED) is 0.828. The molecule has 0 saturated heterocycles. The molecule has 0 aliphatic heterocycles. The Kier molecular flexibility index (Phi) is 3.87.